The zero-order valence-electron chi connectivity index (χ0n) is 20.8. The maximum Gasteiger partial charge on any atom is 0.00801 e. The number of hydrogen-bond donors (Lipinski definition) is 0. The van der Waals surface area contributed by atoms with E-state index in [-0.39, 0.29) is 21.9 Å². The third-order valence-corrected chi connectivity index (χ3v) is 12.1. The van der Waals surface area contributed by atoms with Crippen LogP contribution >= 0.6 is 15.5 Å². The molecule has 1 aliphatic rings. The van der Waals surface area contributed by atoms with Crippen molar-refractivity contribution in [1.82, 2.24) is 0 Å². The second kappa shape index (κ2) is 12.7. The molecule has 0 spiro atoms. The van der Waals surface area contributed by atoms with Crippen LogP contribution in [0.4, 0.5) is 0 Å². The van der Waals surface area contributed by atoms with E-state index in [9.17, 15) is 0 Å². The van der Waals surface area contributed by atoms with Crippen molar-refractivity contribution in [2.24, 2.45) is 5.41 Å². The largest absolute Gasteiger partial charge is 0.756 e. The average Bonchev–Trinajstić information content (AvgIpc) is 3.18. The summed E-state index contributed by atoms with van der Waals surface area (Å²) in [6.07, 6.45) is 10.0. The molecule has 3 rings (SSSR count). The van der Waals surface area contributed by atoms with Crippen LogP contribution in [-0.4, -0.2) is 4.63 Å². The van der Waals surface area contributed by atoms with Crippen LogP contribution in [0.15, 0.2) is 48.6 Å². The van der Waals surface area contributed by atoms with Crippen molar-refractivity contribution in [3.05, 3.63) is 88.4 Å². The molecule has 0 heterocycles. The van der Waals surface area contributed by atoms with E-state index in [1.807, 2.05) is 30.7 Å². The Morgan fingerprint density at radius 2 is 1.03 bits per heavy atom. The second-order valence-electron chi connectivity index (χ2n) is 9.42. The van der Waals surface area contributed by atoms with Gasteiger partial charge in [-0.05, 0) is 79.8 Å². The van der Waals surface area contributed by atoms with Gasteiger partial charge in [-0.3, -0.25) is 0 Å². The average molecular weight is 525 g/mol. The van der Waals surface area contributed by atoms with Gasteiger partial charge in [-0.2, -0.15) is 4.63 Å². The predicted octanol–water partition coefficient (Wildman–Crippen LogP) is 7.87. The van der Waals surface area contributed by atoms with Gasteiger partial charge in [0.15, 0.2) is 0 Å². The van der Waals surface area contributed by atoms with E-state index in [2.05, 4.69) is 86.6 Å². The van der Waals surface area contributed by atoms with Crippen molar-refractivity contribution < 1.29 is 16.5 Å². The van der Waals surface area contributed by atoms with Gasteiger partial charge < -0.3 is 12.6 Å². The van der Waals surface area contributed by atoms with E-state index >= 15 is 0 Å². The van der Waals surface area contributed by atoms with Gasteiger partial charge >= 0.3 is 0 Å². The molecule has 0 fully saturated rings. The van der Waals surface area contributed by atoms with Crippen molar-refractivity contribution in [3.63, 3.8) is 0 Å². The van der Waals surface area contributed by atoms with Crippen LogP contribution in [0, 0.1) is 53.4 Å². The molecule has 0 saturated carbocycles. The number of aryl methyl sites for hydroxylation is 6. The van der Waals surface area contributed by atoms with E-state index in [1.54, 1.807) is 0 Å². The monoisotopic (exact) mass is 524 g/mol. The first-order chi connectivity index (χ1) is 14.4. The molecule has 1 aliphatic carbocycles. The van der Waals surface area contributed by atoms with Gasteiger partial charge in [-0.25, -0.2) is 0 Å². The van der Waals surface area contributed by atoms with E-state index in [0.717, 1.165) is 4.63 Å². The standard InChI is InChI=1S/C23H32P2S.C5H5.Ni/c1-14-10-16(3)20(17(4)11-14)25(24-22(26)23(7,8)9)21-18(5)12-15(2)13-19(21)6;1-2-4-5-3-1;/h10-13,26H,1-9H3;1-5H;/p-1. The summed E-state index contributed by atoms with van der Waals surface area (Å²) in [4.78, 5) is 0. The Morgan fingerprint density at radius 1 is 0.688 bits per heavy atom. The van der Waals surface area contributed by atoms with Crippen LogP contribution in [0.25, 0.3) is 0 Å². The maximum atomic E-state index is 5.90. The molecule has 0 saturated heterocycles. The summed E-state index contributed by atoms with van der Waals surface area (Å²) in [6, 6.07) is 9.30. The molecule has 0 atom stereocenters. The van der Waals surface area contributed by atoms with Gasteiger partial charge in [0.05, 0.1) is 0 Å². The van der Waals surface area contributed by atoms with Crippen LogP contribution in [-0.2, 0) is 29.1 Å². The second-order valence-corrected chi connectivity index (χ2v) is 14.1. The van der Waals surface area contributed by atoms with Gasteiger partial charge in [0.2, 0.25) is 0 Å². The topological polar surface area (TPSA) is 0 Å². The summed E-state index contributed by atoms with van der Waals surface area (Å²) in [5.41, 5.74) is 8.33. The zero-order chi connectivity index (χ0) is 23.3. The van der Waals surface area contributed by atoms with Crippen LogP contribution < -0.4 is 10.6 Å². The van der Waals surface area contributed by atoms with Crippen molar-refractivity contribution in [2.75, 3.05) is 0 Å². The first-order valence-corrected chi connectivity index (χ1v) is 14.2. The molecule has 2 aromatic carbocycles. The zero-order valence-corrected chi connectivity index (χ0v) is 24.4. The number of allylic oxidation sites excluding steroid dienone is 4. The third kappa shape index (κ3) is 7.99. The Labute approximate surface area is 215 Å². The summed E-state index contributed by atoms with van der Waals surface area (Å²) in [6.45, 7) is 20.1. The number of benzene rings is 2. The van der Waals surface area contributed by atoms with E-state index in [1.165, 1.54) is 51.9 Å². The van der Waals surface area contributed by atoms with Crippen LogP contribution in [0.3, 0.4) is 0 Å². The summed E-state index contributed by atoms with van der Waals surface area (Å²) in [5, 5.41) is 3.02. The SMILES string of the molecule is Cc1cc(C)c(P(P=C([S-])C(C)(C)C)c2c(C)cc(C)cc2C)c(C)c1.[CH]1C=CC=C1.[Ni]. The summed E-state index contributed by atoms with van der Waals surface area (Å²) >= 11 is 5.90. The van der Waals surface area contributed by atoms with E-state index < -0.39 is 7.61 Å². The fourth-order valence-electron chi connectivity index (χ4n) is 3.79. The van der Waals surface area contributed by atoms with Crippen LogP contribution in [0.1, 0.15) is 54.2 Å². The van der Waals surface area contributed by atoms with E-state index in [0.29, 0.717) is 0 Å². The quantitative estimate of drug-likeness (QED) is 0.223. The summed E-state index contributed by atoms with van der Waals surface area (Å²) in [7, 11) is 0.769. The van der Waals surface area contributed by atoms with Crippen molar-refractivity contribution >= 4 is 43.4 Å². The Balaban J connectivity index is 0.000000750. The molecule has 175 valence electrons. The van der Waals surface area contributed by atoms with Gasteiger partial charge in [-0.1, -0.05) is 88.4 Å². The molecule has 2 aromatic rings. The maximum absolute atomic E-state index is 5.90. The third-order valence-electron chi connectivity index (χ3n) is 5.08. The Morgan fingerprint density at radius 3 is 1.28 bits per heavy atom. The van der Waals surface area contributed by atoms with Crippen LogP contribution in [0.5, 0.6) is 0 Å². The minimum absolute atomic E-state index is 0. The minimum Gasteiger partial charge on any atom is -0.756 e. The van der Waals surface area contributed by atoms with Crippen LogP contribution in [0.2, 0.25) is 0 Å². The molecule has 0 aromatic heterocycles. The molecule has 0 bridgehead atoms. The van der Waals surface area contributed by atoms with Gasteiger partial charge in [-0.15, -0.1) is 0 Å². The first-order valence-electron chi connectivity index (χ1n) is 10.8. The van der Waals surface area contributed by atoms with Gasteiger partial charge in [0.25, 0.3) is 0 Å². The normalized spacial score (nSPS) is 13.2. The Hall–Kier alpha value is -0.636. The molecule has 0 N–H and O–H groups in total. The molecule has 0 amide bonds. The first kappa shape index (κ1) is 29.4. The molecular formula is C28H36NiP2S-. The molecule has 0 nitrogen and oxygen atoms in total. The fraction of sp³-hybridized carbons (Fsp3) is 0.357. The Kier molecular flexibility index (Phi) is 11.7. The van der Waals surface area contributed by atoms with Crippen molar-refractivity contribution in [2.45, 2.75) is 62.3 Å². The molecule has 4 heteroatoms. The number of hydrogen-bond acceptors (Lipinski definition) is 1. The van der Waals surface area contributed by atoms with E-state index in [4.69, 9.17) is 12.6 Å². The number of rotatable bonds is 3. The summed E-state index contributed by atoms with van der Waals surface area (Å²) in [5.74, 6) is 0. The summed E-state index contributed by atoms with van der Waals surface area (Å²) < 4.78 is 1.15. The molecule has 32 heavy (non-hydrogen) atoms. The van der Waals surface area contributed by atoms with Gasteiger partial charge in [0, 0.05) is 30.5 Å². The molecular weight excluding hydrogens is 489 g/mol. The molecule has 0 aliphatic heterocycles. The fourth-order valence-corrected chi connectivity index (χ4v) is 11.0. The minimum atomic E-state index is -0.532. The van der Waals surface area contributed by atoms with Crippen molar-refractivity contribution in [1.29, 1.82) is 0 Å². The molecule has 0 unspecified atom stereocenters. The van der Waals surface area contributed by atoms with Gasteiger partial charge in [0.1, 0.15) is 0 Å². The molecule has 1 radical (unpaired) electrons. The van der Waals surface area contributed by atoms with Crippen molar-refractivity contribution in [3.8, 4) is 0 Å². The predicted molar refractivity (Wildman–Crippen MR) is 149 cm³/mol. The smallest absolute Gasteiger partial charge is 0.00801 e. The Bertz CT molecular complexity index is 913.